The van der Waals surface area contributed by atoms with E-state index in [1.54, 1.807) is 42.7 Å². The molecule has 170 valence electrons. The van der Waals surface area contributed by atoms with Crippen molar-refractivity contribution in [3.8, 4) is 22.6 Å². The van der Waals surface area contributed by atoms with Gasteiger partial charge in [0, 0.05) is 34.3 Å². The van der Waals surface area contributed by atoms with Gasteiger partial charge in [0.15, 0.2) is 0 Å². The number of aromatic amines is 1. The number of pyridine rings is 1. The second-order valence-corrected chi connectivity index (χ2v) is 7.79. The van der Waals surface area contributed by atoms with Crippen LogP contribution in [-0.2, 0) is 0 Å². The van der Waals surface area contributed by atoms with Crippen molar-refractivity contribution in [3.63, 3.8) is 0 Å². The van der Waals surface area contributed by atoms with E-state index in [0.29, 0.717) is 28.5 Å². The molecule has 3 aromatic carbocycles. The van der Waals surface area contributed by atoms with E-state index in [2.05, 4.69) is 25.6 Å². The molecule has 0 bridgehead atoms. The summed E-state index contributed by atoms with van der Waals surface area (Å²) in [5.74, 6) is 0.269. The minimum absolute atomic E-state index is 0.159. The number of H-pyrrole nitrogens is 1. The second-order valence-electron chi connectivity index (χ2n) is 7.79. The topological polar surface area (TPSA) is 99.8 Å². The molecule has 7 nitrogen and oxygen atoms in total. The largest absolute Gasteiger partial charge is 0.338 e. The van der Waals surface area contributed by atoms with E-state index >= 15 is 0 Å². The summed E-state index contributed by atoms with van der Waals surface area (Å²) in [7, 11) is 0. The molecule has 5 rings (SSSR count). The lowest BCUT2D eigenvalue weighted by atomic mass is 10.1. The maximum Gasteiger partial charge on any atom is 0.274 e. The van der Waals surface area contributed by atoms with Crippen LogP contribution >= 0.6 is 0 Å². The fourth-order valence-electron chi connectivity index (χ4n) is 3.58. The van der Waals surface area contributed by atoms with Gasteiger partial charge in [-0.3, -0.25) is 14.6 Å². The standard InChI is InChI=1S/C28H21N5O2/c34-27(20-7-2-1-3-8-20)31-22-14-12-19(13-15-22)26-30-18-25(33-26)21-9-6-10-23(17-21)32-28(35)24-11-4-5-16-29-24/h1-18H,(H,30,33)(H,31,34)(H,32,35). The molecular weight excluding hydrogens is 438 g/mol. The smallest absolute Gasteiger partial charge is 0.274 e. The molecule has 2 amide bonds. The maximum absolute atomic E-state index is 12.4. The maximum atomic E-state index is 12.4. The summed E-state index contributed by atoms with van der Waals surface area (Å²) in [5, 5.41) is 5.76. The van der Waals surface area contributed by atoms with Crippen LogP contribution in [0.4, 0.5) is 11.4 Å². The fraction of sp³-hybridized carbons (Fsp3) is 0. The predicted molar refractivity (Wildman–Crippen MR) is 136 cm³/mol. The summed E-state index contributed by atoms with van der Waals surface area (Å²) in [4.78, 5) is 36.6. The molecule has 0 radical (unpaired) electrons. The number of hydrogen-bond acceptors (Lipinski definition) is 4. The summed E-state index contributed by atoms with van der Waals surface area (Å²) in [6.07, 6.45) is 3.33. The molecule has 0 unspecified atom stereocenters. The first kappa shape index (κ1) is 21.8. The van der Waals surface area contributed by atoms with E-state index < -0.39 is 0 Å². The van der Waals surface area contributed by atoms with Gasteiger partial charge < -0.3 is 15.6 Å². The number of rotatable bonds is 6. The third-order valence-corrected chi connectivity index (χ3v) is 5.36. The zero-order valence-electron chi connectivity index (χ0n) is 18.6. The summed E-state index contributed by atoms with van der Waals surface area (Å²) < 4.78 is 0. The number of amides is 2. The van der Waals surface area contributed by atoms with Crippen LogP contribution in [0.2, 0.25) is 0 Å². The van der Waals surface area contributed by atoms with Crippen molar-refractivity contribution in [2.45, 2.75) is 0 Å². The van der Waals surface area contributed by atoms with E-state index in [1.165, 1.54) is 0 Å². The Labute approximate surface area is 201 Å². The van der Waals surface area contributed by atoms with Crippen LogP contribution in [0, 0.1) is 0 Å². The number of imidazole rings is 1. The van der Waals surface area contributed by atoms with E-state index in [9.17, 15) is 9.59 Å². The molecule has 7 heteroatoms. The van der Waals surface area contributed by atoms with E-state index in [0.717, 1.165) is 16.8 Å². The van der Waals surface area contributed by atoms with Gasteiger partial charge >= 0.3 is 0 Å². The molecule has 0 aliphatic heterocycles. The van der Waals surface area contributed by atoms with Crippen LogP contribution in [0.15, 0.2) is 109 Å². The molecule has 3 N–H and O–H groups in total. The molecule has 0 atom stereocenters. The highest BCUT2D eigenvalue weighted by atomic mass is 16.2. The minimum Gasteiger partial charge on any atom is -0.338 e. The highest BCUT2D eigenvalue weighted by Crippen LogP contribution is 2.25. The van der Waals surface area contributed by atoms with Crippen molar-refractivity contribution < 1.29 is 9.59 Å². The monoisotopic (exact) mass is 459 g/mol. The molecule has 0 spiro atoms. The van der Waals surface area contributed by atoms with Crippen LogP contribution in [-0.4, -0.2) is 26.8 Å². The molecule has 35 heavy (non-hydrogen) atoms. The number of carbonyl (C=O) groups is 2. The van der Waals surface area contributed by atoms with E-state index in [1.807, 2.05) is 66.7 Å². The number of carbonyl (C=O) groups excluding carboxylic acids is 2. The van der Waals surface area contributed by atoms with Gasteiger partial charge in [-0.05, 0) is 60.7 Å². The van der Waals surface area contributed by atoms with Crippen molar-refractivity contribution in [1.82, 2.24) is 15.0 Å². The molecule has 0 aliphatic carbocycles. The number of nitrogens with one attached hydrogen (secondary N) is 3. The van der Waals surface area contributed by atoms with Crippen molar-refractivity contribution in [2.24, 2.45) is 0 Å². The third-order valence-electron chi connectivity index (χ3n) is 5.36. The van der Waals surface area contributed by atoms with E-state index in [-0.39, 0.29) is 11.8 Å². The predicted octanol–water partition coefficient (Wildman–Crippen LogP) is 5.64. The SMILES string of the molecule is O=C(Nc1ccc(-c2ncc(-c3cccc(NC(=O)c4ccccn4)c3)[nH]2)cc1)c1ccccc1. The van der Waals surface area contributed by atoms with Crippen molar-refractivity contribution in [2.75, 3.05) is 10.6 Å². The van der Waals surface area contributed by atoms with E-state index in [4.69, 9.17) is 0 Å². The van der Waals surface area contributed by atoms with Crippen molar-refractivity contribution in [1.29, 1.82) is 0 Å². The highest BCUT2D eigenvalue weighted by Gasteiger charge is 2.10. The number of hydrogen-bond donors (Lipinski definition) is 3. The molecule has 0 saturated heterocycles. The number of aromatic nitrogens is 3. The highest BCUT2D eigenvalue weighted by molar-refractivity contribution is 6.04. The summed E-state index contributed by atoms with van der Waals surface area (Å²) in [6.45, 7) is 0. The molecule has 0 fully saturated rings. The Kier molecular flexibility index (Phi) is 6.13. The number of benzene rings is 3. The Morgan fingerprint density at radius 2 is 1.43 bits per heavy atom. The quantitative estimate of drug-likeness (QED) is 0.306. The summed E-state index contributed by atoms with van der Waals surface area (Å²) in [5.41, 5.74) is 4.90. The van der Waals surface area contributed by atoms with Crippen LogP contribution < -0.4 is 10.6 Å². The Bertz CT molecular complexity index is 1460. The third kappa shape index (κ3) is 5.15. The summed E-state index contributed by atoms with van der Waals surface area (Å²) >= 11 is 0. The molecule has 0 aliphatic rings. The zero-order chi connectivity index (χ0) is 24.0. The first-order chi connectivity index (χ1) is 17.2. The summed E-state index contributed by atoms with van der Waals surface area (Å²) in [6, 6.07) is 29.3. The van der Waals surface area contributed by atoms with Crippen LogP contribution in [0.5, 0.6) is 0 Å². The molecule has 2 aromatic heterocycles. The lowest BCUT2D eigenvalue weighted by Crippen LogP contribution is -2.13. The van der Waals surface area contributed by atoms with Gasteiger partial charge in [-0.25, -0.2) is 4.98 Å². The average molecular weight is 460 g/mol. The average Bonchev–Trinajstić information content (AvgIpc) is 3.41. The van der Waals surface area contributed by atoms with Gasteiger partial charge in [-0.15, -0.1) is 0 Å². The van der Waals surface area contributed by atoms with Crippen molar-refractivity contribution >= 4 is 23.2 Å². The van der Waals surface area contributed by atoms with Gasteiger partial charge in [-0.1, -0.05) is 36.4 Å². The number of nitrogens with zero attached hydrogens (tertiary/aromatic N) is 2. The Balaban J connectivity index is 1.28. The second kappa shape index (κ2) is 9.84. The molecule has 5 aromatic rings. The van der Waals surface area contributed by atoms with Crippen LogP contribution in [0.1, 0.15) is 20.8 Å². The lowest BCUT2D eigenvalue weighted by Gasteiger charge is -2.07. The fourth-order valence-corrected chi connectivity index (χ4v) is 3.58. The van der Waals surface area contributed by atoms with Crippen molar-refractivity contribution in [3.05, 3.63) is 121 Å². The van der Waals surface area contributed by atoms with Crippen LogP contribution in [0.25, 0.3) is 22.6 Å². The number of anilines is 2. The lowest BCUT2D eigenvalue weighted by molar-refractivity contribution is 0.101. The Morgan fingerprint density at radius 3 is 2.20 bits per heavy atom. The van der Waals surface area contributed by atoms with Crippen LogP contribution in [0.3, 0.4) is 0 Å². The minimum atomic E-state index is -0.271. The first-order valence-corrected chi connectivity index (χ1v) is 11.0. The van der Waals surface area contributed by atoms with Gasteiger partial charge in [0.05, 0.1) is 11.9 Å². The normalized spacial score (nSPS) is 10.5. The van der Waals surface area contributed by atoms with Gasteiger partial charge in [-0.2, -0.15) is 0 Å². The van der Waals surface area contributed by atoms with Gasteiger partial charge in [0.1, 0.15) is 11.5 Å². The molecular formula is C28H21N5O2. The zero-order valence-corrected chi connectivity index (χ0v) is 18.6. The Morgan fingerprint density at radius 1 is 0.657 bits per heavy atom. The molecule has 0 saturated carbocycles. The Hall–Kier alpha value is -5.04. The van der Waals surface area contributed by atoms with Gasteiger partial charge in [0.25, 0.3) is 11.8 Å². The molecule has 2 heterocycles. The first-order valence-electron chi connectivity index (χ1n) is 11.0. The van der Waals surface area contributed by atoms with Gasteiger partial charge in [0.2, 0.25) is 0 Å².